The molecule has 0 fully saturated rings. The molecule has 0 unspecified atom stereocenters. The summed E-state index contributed by atoms with van der Waals surface area (Å²) in [6, 6.07) is 3.91. The van der Waals surface area contributed by atoms with E-state index in [-0.39, 0.29) is 23.8 Å². The van der Waals surface area contributed by atoms with Gasteiger partial charge in [-0.15, -0.1) is 0 Å². The van der Waals surface area contributed by atoms with Gasteiger partial charge in [-0.25, -0.2) is 4.39 Å². The van der Waals surface area contributed by atoms with E-state index in [0.717, 1.165) is 6.07 Å². The highest BCUT2D eigenvalue weighted by molar-refractivity contribution is 5.95. The molecule has 17 heavy (non-hydrogen) atoms. The minimum Gasteiger partial charge on any atom is -0.396 e. The lowest BCUT2D eigenvalue weighted by atomic mass is 10.0. The van der Waals surface area contributed by atoms with E-state index in [1.165, 1.54) is 12.1 Å². The highest BCUT2D eigenvalue weighted by Crippen LogP contribution is 2.14. The SMILES string of the molecule is CC(C)(CCO)NC(=O)c1ccc(N)c(F)c1. The zero-order chi connectivity index (χ0) is 13.1. The van der Waals surface area contributed by atoms with E-state index < -0.39 is 11.4 Å². The second-order valence-electron chi connectivity index (χ2n) is 4.55. The monoisotopic (exact) mass is 240 g/mol. The van der Waals surface area contributed by atoms with Gasteiger partial charge in [0.25, 0.3) is 5.91 Å². The summed E-state index contributed by atoms with van der Waals surface area (Å²) in [5.74, 6) is -1.00. The lowest BCUT2D eigenvalue weighted by Crippen LogP contribution is -2.44. The van der Waals surface area contributed by atoms with Gasteiger partial charge >= 0.3 is 0 Å². The fourth-order valence-electron chi connectivity index (χ4n) is 1.39. The molecular formula is C12H17FN2O2. The van der Waals surface area contributed by atoms with Crippen LogP contribution in [0.3, 0.4) is 0 Å². The Morgan fingerprint density at radius 2 is 2.18 bits per heavy atom. The number of hydrogen-bond donors (Lipinski definition) is 3. The molecule has 0 bridgehead atoms. The van der Waals surface area contributed by atoms with Crippen LogP contribution in [0.1, 0.15) is 30.6 Å². The standard InChI is InChI=1S/C12H17FN2O2/c1-12(2,5-6-16)15-11(17)8-3-4-10(14)9(13)7-8/h3-4,7,16H,5-6,14H2,1-2H3,(H,15,17). The number of hydrogen-bond acceptors (Lipinski definition) is 3. The van der Waals surface area contributed by atoms with Gasteiger partial charge in [0, 0.05) is 17.7 Å². The summed E-state index contributed by atoms with van der Waals surface area (Å²) in [6.45, 7) is 3.55. The number of carbonyl (C=O) groups excluding carboxylic acids is 1. The molecule has 0 aliphatic rings. The second-order valence-corrected chi connectivity index (χ2v) is 4.55. The van der Waals surface area contributed by atoms with Crippen LogP contribution in [0, 0.1) is 5.82 Å². The molecule has 0 heterocycles. The first kappa shape index (κ1) is 13.4. The van der Waals surface area contributed by atoms with E-state index in [2.05, 4.69) is 5.32 Å². The smallest absolute Gasteiger partial charge is 0.251 e. The molecule has 0 saturated heterocycles. The molecule has 0 aliphatic carbocycles. The minimum atomic E-state index is -0.613. The van der Waals surface area contributed by atoms with Crippen LogP contribution in [0.25, 0.3) is 0 Å². The quantitative estimate of drug-likeness (QED) is 0.694. The first-order valence-electron chi connectivity index (χ1n) is 5.34. The van der Waals surface area contributed by atoms with Crippen molar-refractivity contribution in [2.45, 2.75) is 25.8 Å². The van der Waals surface area contributed by atoms with Crippen molar-refractivity contribution in [3.05, 3.63) is 29.6 Å². The number of nitrogens with one attached hydrogen (secondary N) is 1. The third kappa shape index (κ3) is 3.71. The maximum Gasteiger partial charge on any atom is 0.251 e. The van der Waals surface area contributed by atoms with Gasteiger partial charge in [0.15, 0.2) is 0 Å². The molecule has 1 aromatic carbocycles. The molecule has 4 N–H and O–H groups in total. The second kappa shape index (κ2) is 5.14. The molecular weight excluding hydrogens is 223 g/mol. The summed E-state index contributed by atoms with van der Waals surface area (Å²) < 4.78 is 13.2. The fourth-order valence-corrected chi connectivity index (χ4v) is 1.39. The van der Waals surface area contributed by atoms with Crippen molar-refractivity contribution in [1.82, 2.24) is 5.32 Å². The van der Waals surface area contributed by atoms with Gasteiger partial charge in [-0.1, -0.05) is 0 Å². The first-order chi connectivity index (χ1) is 7.85. The van der Waals surface area contributed by atoms with E-state index in [9.17, 15) is 9.18 Å². The normalized spacial score (nSPS) is 11.3. The van der Waals surface area contributed by atoms with E-state index in [1.807, 2.05) is 0 Å². The Bertz CT molecular complexity index is 419. The minimum absolute atomic E-state index is 0.0103. The number of benzene rings is 1. The van der Waals surface area contributed by atoms with Crippen LogP contribution < -0.4 is 11.1 Å². The van der Waals surface area contributed by atoms with Crippen molar-refractivity contribution in [2.75, 3.05) is 12.3 Å². The van der Waals surface area contributed by atoms with Crippen molar-refractivity contribution in [1.29, 1.82) is 0 Å². The molecule has 1 rings (SSSR count). The number of amides is 1. The number of halogens is 1. The Kier molecular flexibility index (Phi) is 4.07. The summed E-state index contributed by atoms with van der Waals surface area (Å²) in [7, 11) is 0. The number of aliphatic hydroxyl groups is 1. The predicted octanol–water partition coefficient (Wildman–Crippen LogP) is 1.30. The molecule has 0 atom stereocenters. The van der Waals surface area contributed by atoms with E-state index >= 15 is 0 Å². The van der Waals surface area contributed by atoms with Crippen LogP contribution in [0.4, 0.5) is 10.1 Å². The Balaban J connectivity index is 2.80. The topological polar surface area (TPSA) is 75.3 Å². The first-order valence-corrected chi connectivity index (χ1v) is 5.34. The van der Waals surface area contributed by atoms with Crippen molar-refractivity contribution in [3.63, 3.8) is 0 Å². The molecule has 1 amide bonds. The van der Waals surface area contributed by atoms with Crippen LogP contribution >= 0.6 is 0 Å². The van der Waals surface area contributed by atoms with Crippen LogP contribution in [-0.4, -0.2) is 23.2 Å². The van der Waals surface area contributed by atoms with Crippen LogP contribution in [0.5, 0.6) is 0 Å². The van der Waals surface area contributed by atoms with Gasteiger partial charge < -0.3 is 16.2 Å². The number of carbonyl (C=O) groups is 1. The Morgan fingerprint density at radius 1 is 1.53 bits per heavy atom. The summed E-state index contributed by atoms with van der Waals surface area (Å²) in [5.41, 5.74) is 5.01. The van der Waals surface area contributed by atoms with Crippen LogP contribution in [-0.2, 0) is 0 Å². The molecule has 94 valence electrons. The zero-order valence-electron chi connectivity index (χ0n) is 9.96. The lowest BCUT2D eigenvalue weighted by Gasteiger charge is -2.25. The third-order valence-electron chi connectivity index (χ3n) is 2.45. The highest BCUT2D eigenvalue weighted by atomic mass is 19.1. The van der Waals surface area contributed by atoms with E-state index in [4.69, 9.17) is 10.8 Å². The van der Waals surface area contributed by atoms with Crippen molar-refractivity contribution >= 4 is 11.6 Å². The molecule has 0 aliphatic heterocycles. The Labute approximate surface area is 99.6 Å². The molecule has 1 aromatic rings. The van der Waals surface area contributed by atoms with Crippen molar-refractivity contribution < 1.29 is 14.3 Å². The lowest BCUT2D eigenvalue weighted by molar-refractivity contribution is 0.0899. The molecule has 4 nitrogen and oxygen atoms in total. The summed E-state index contributed by atoms with van der Waals surface area (Å²) in [6.07, 6.45) is 0.427. The molecule has 0 aromatic heterocycles. The molecule has 0 saturated carbocycles. The Hall–Kier alpha value is -1.62. The molecule has 0 radical (unpaired) electrons. The Morgan fingerprint density at radius 3 is 2.71 bits per heavy atom. The summed E-state index contributed by atoms with van der Waals surface area (Å²) >= 11 is 0. The maximum absolute atomic E-state index is 13.2. The third-order valence-corrected chi connectivity index (χ3v) is 2.45. The number of nitrogen functional groups attached to an aromatic ring is 1. The number of rotatable bonds is 4. The van der Waals surface area contributed by atoms with Gasteiger partial charge in [0.1, 0.15) is 5.82 Å². The van der Waals surface area contributed by atoms with Crippen molar-refractivity contribution in [2.24, 2.45) is 0 Å². The van der Waals surface area contributed by atoms with E-state index in [0.29, 0.717) is 6.42 Å². The van der Waals surface area contributed by atoms with Crippen LogP contribution in [0.15, 0.2) is 18.2 Å². The largest absolute Gasteiger partial charge is 0.396 e. The summed E-state index contributed by atoms with van der Waals surface area (Å²) in [4.78, 5) is 11.8. The molecule has 5 heteroatoms. The number of anilines is 1. The average molecular weight is 240 g/mol. The predicted molar refractivity (Wildman–Crippen MR) is 64.1 cm³/mol. The average Bonchev–Trinajstić information content (AvgIpc) is 2.21. The van der Waals surface area contributed by atoms with Gasteiger partial charge in [-0.2, -0.15) is 0 Å². The van der Waals surface area contributed by atoms with Gasteiger partial charge in [-0.05, 0) is 38.5 Å². The highest BCUT2D eigenvalue weighted by Gasteiger charge is 2.20. The molecule has 0 spiro atoms. The summed E-state index contributed by atoms with van der Waals surface area (Å²) in [5, 5.41) is 11.6. The van der Waals surface area contributed by atoms with Gasteiger partial charge in [0.05, 0.1) is 5.69 Å². The number of aliphatic hydroxyl groups excluding tert-OH is 1. The van der Waals surface area contributed by atoms with Crippen LogP contribution in [0.2, 0.25) is 0 Å². The fraction of sp³-hybridized carbons (Fsp3) is 0.417. The van der Waals surface area contributed by atoms with E-state index in [1.54, 1.807) is 13.8 Å². The van der Waals surface area contributed by atoms with Gasteiger partial charge in [-0.3, -0.25) is 4.79 Å². The maximum atomic E-state index is 13.2. The van der Waals surface area contributed by atoms with Crippen molar-refractivity contribution in [3.8, 4) is 0 Å². The van der Waals surface area contributed by atoms with Gasteiger partial charge in [0.2, 0.25) is 0 Å². The zero-order valence-corrected chi connectivity index (χ0v) is 9.96. The number of nitrogens with two attached hydrogens (primary N) is 1.